The molecule has 3 aromatic carbocycles. The standard InChI is InChI=1S/C22H20N4O6S/c1-3-32-22(27)16-11-13-17(14-12-16)23-24-21-15(2)7-6-8-18(21)25-33(30,31)20-10-5-4-9-19(20)26(28)29/h4-14,25H,3H2,1-2H3. The van der Waals surface area contributed by atoms with Gasteiger partial charge in [-0.1, -0.05) is 24.3 Å². The third-order valence-electron chi connectivity index (χ3n) is 4.48. The second kappa shape index (κ2) is 10.0. The van der Waals surface area contributed by atoms with Crippen molar-refractivity contribution in [2.24, 2.45) is 10.2 Å². The number of nitro benzene ring substituents is 1. The maximum absolute atomic E-state index is 12.9. The van der Waals surface area contributed by atoms with Gasteiger partial charge in [0.25, 0.3) is 15.7 Å². The number of hydrogen-bond donors (Lipinski definition) is 1. The van der Waals surface area contributed by atoms with Crippen LogP contribution in [0.15, 0.2) is 81.9 Å². The molecule has 33 heavy (non-hydrogen) atoms. The van der Waals surface area contributed by atoms with E-state index in [0.29, 0.717) is 16.8 Å². The van der Waals surface area contributed by atoms with Gasteiger partial charge in [-0.15, -0.1) is 5.11 Å². The van der Waals surface area contributed by atoms with Crippen molar-refractivity contribution in [3.05, 3.63) is 88.0 Å². The molecule has 0 aromatic heterocycles. The molecule has 0 fully saturated rings. The fourth-order valence-electron chi connectivity index (χ4n) is 2.90. The van der Waals surface area contributed by atoms with Crippen LogP contribution in [0, 0.1) is 17.0 Å². The monoisotopic (exact) mass is 468 g/mol. The summed E-state index contributed by atoms with van der Waals surface area (Å²) in [5.41, 5.74) is 1.24. The average Bonchev–Trinajstić information content (AvgIpc) is 2.79. The Balaban J connectivity index is 1.91. The molecule has 0 aliphatic rings. The topological polar surface area (TPSA) is 140 Å². The zero-order valence-corrected chi connectivity index (χ0v) is 18.6. The first kappa shape index (κ1) is 23.5. The number of sulfonamides is 1. The second-order valence-corrected chi connectivity index (χ2v) is 8.42. The quantitative estimate of drug-likeness (QED) is 0.206. The number of azo groups is 1. The van der Waals surface area contributed by atoms with Gasteiger partial charge in [0.15, 0.2) is 4.90 Å². The first-order valence-corrected chi connectivity index (χ1v) is 11.3. The Bertz CT molecular complexity index is 1320. The minimum absolute atomic E-state index is 0.111. The summed E-state index contributed by atoms with van der Waals surface area (Å²) < 4.78 is 33.1. The molecule has 0 aliphatic carbocycles. The van der Waals surface area contributed by atoms with Crippen molar-refractivity contribution in [1.82, 2.24) is 0 Å². The Morgan fingerprint density at radius 2 is 1.73 bits per heavy atom. The van der Waals surface area contributed by atoms with E-state index in [4.69, 9.17) is 4.74 Å². The van der Waals surface area contributed by atoms with Gasteiger partial charge in [-0.2, -0.15) is 5.11 Å². The van der Waals surface area contributed by atoms with Gasteiger partial charge in [0, 0.05) is 6.07 Å². The first-order valence-electron chi connectivity index (χ1n) is 9.77. The number of anilines is 1. The zero-order valence-electron chi connectivity index (χ0n) is 17.8. The van der Waals surface area contributed by atoms with Gasteiger partial charge >= 0.3 is 5.97 Å². The summed E-state index contributed by atoms with van der Waals surface area (Å²) in [6.45, 7) is 3.70. The fraction of sp³-hybridized carbons (Fsp3) is 0.136. The Kier molecular flexibility index (Phi) is 7.13. The number of carbonyl (C=O) groups excluding carboxylic acids is 1. The molecule has 0 spiro atoms. The molecule has 0 bridgehead atoms. The van der Waals surface area contributed by atoms with Gasteiger partial charge in [-0.05, 0) is 55.8 Å². The molecular formula is C22H20N4O6S. The molecule has 0 amide bonds. The number of ether oxygens (including phenoxy) is 1. The highest BCUT2D eigenvalue weighted by Crippen LogP contribution is 2.33. The van der Waals surface area contributed by atoms with Crippen LogP contribution < -0.4 is 4.72 Å². The number of carbonyl (C=O) groups is 1. The molecule has 0 aliphatic heterocycles. The minimum atomic E-state index is -4.28. The number of esters is 1. The van der Waals surface area contributed by atoms with Gasteiger partial charge in [-0.3, -0.25) is 14.8 Å². The van der Waals surface area contributed by atoms with Gasteiger partial charge < -0.3 is 4.74 Å². The predicted octanol–water partition coefficient (Wildman–Crippen LogP) is 5.30. The van der Waals surface area contributed by atoms with E-state index in [1.807, 2.05) is 0 Å². The predicted molar refractivity (Wildman–Crippen MR) is 122 cm³/mol. The van der Waals surface area contributed by atoms with Crippen molar-refractivity contribution in [3.63, 3.8) is 0 Å². The summed E-state index contributed by atoms with van der Waals surface area (Å²) in [7, 11) is -4.28. The summed E-state index contributed by atoms with van der Waals surface area (Å²) in [5, 5.41) is 19.5. The van der Waals surface area contributed by atoms with E-state index in [1.165, 1.54) is 18.2 Å². The Morgan fingerprint density at radius 1 is 1.03 bits per heavy atom. The molecule has 3 rings (SSSR count). The van der Waals surface area contributed by atoms with E-state index >= 15 is 0 Å². The molecular weight excluding hydrogens is 448 g/mol. The molecule has 10 nitrogen and oxygen atoms in total. The Hall–Kier alpha value is -4.12. The molecule has 11 heteroatoms. The van der Waals surface area contributed by atoms with Crippen molar-refractivity contribution >= 4 is 38.7 Å². The van der Waals surface area contributed by atoms with Crippen LogP contribution in [0.1, 0.15) is 22.8 Å². The van der Waals surface area contributed by atoms with Crippen LogP contribution in [0.4, 0.5) is 22.7 Å². The first-order chi connectivity index (χ1) is 15.7. The molecule has 0 radical (unpaired) electrons. The lowest BCUT2D eigenvalue weighted by Gasteiger charge is -2.11. The van der Waals surface area contributed by atoms with E-state index in [-0.39, 0.29) is 18.0 Å². The molecule has 0 atom stereocenters. The minimum Gasteiger partial charge on any atom is -0.462 e. The van der Waals surface area contributed by atoms with Gasteiger partial charge in [0.2, 0.25) is 0 Å². The number of benzene rings is 3. The van der Waals surface area contributed by atoms with Crippen molar-refractivity contribution in [2.45, 2.75) is 18.7 Å². The molecule has 1 N–H and O–H groups in total. The average molecular weight is 468 g/mol. The number of hydrogen-bond acceptors (Lipinski definition) is 8. The normalized spacial score (nSPS) is 11.3. The molecule has 3 aromatic rings. The summed E-state index contributed by atoms with van der Waals surface area (Å²) >= 11 is 0. The van der Waals surface area contributed by atoms with E-state index in [0.717, 1.165) is 12.1 Å². The van der Waals surface area contributed by atoms with Gasteiger partial charge in [-0.25, -0.2) is 13.2 Å². The summed E-state index contributed by atoms with van der Waals surface area (Å²) in [6, 6.07) is 16.1. The van der Waals surface area contributed by atoms with E-state index in [2.05, 4.69) is 15.0 Å². The SMILES string of the molecule is CCOC(=O)c1ccc(N=Nc2c(C)cccc2NS(=O)(=O)c2ccccc2[N+](=O)[O-])cc1. The third-order valence-corrected chi connectivity index (χ3v) is 5.89. The van der Waals surface area contributed by atoms with Crippen LogP contribution in [-0.2, 0) is 14.8 Å². The van der Waals surface area contributed by atoms with Crippen LogP contribution in [0.3, 0.4) is 0 Å². The highest BCUT2D eigenvalue weighted by molar-refractivity contribution is 7.92. The van der Waals surface area contributed by atoms with Crippen LogP contribution in [-0.4, -0.2) is 25.9 Å². The zero-order chi connectivity index (χ0) is 24.0. The Morgan fingerprint density at radius 3 is 2.39 bits per heavy atom. The van der Waals surface area contributed by atoms with Crippen molar-refractivity contribution < 1.29 is 22.9 Å². The van der Waals surface area contributed by atoms with Crippen LogP contribution in [0.5, 0.6) is 0 Å². The lowest BCUT2D eigenvalue weighted by atomic mass is 10.2. The number of nitrogens with zero attached hydrogens (tertiary/aromatic N) is 3. The number of rotatable bonds is 8. The largest absolute Gasteiger partial charge is 0.462 e. The molecule has 0 unspecified atom stereocenters. The number of aryl methyl sites for hydroxylation is 1. The fourth-order valence-corrected chi connectivity index (χ4v) is 4.14. The maximum Gasteiger partial charge on any atom is 0.338 e. The summed E-state index contributed by atoms with van der Waals surface area (Å²) in [4.78, 5) is 21.8. The van der Waals surface area contributed by atoms with E-state index in [9.17, 15) is 23.3 Å². The van der Waals surface area contributed by atoms with Crippen LogP contribution in [0.2, 0.25) is 0 Å². The highest BCUT2D eigenvalue weighted by Gasteiger charge is 2.26. The van der Waals surface area contributed by atoms with E-state index in [1.54, 1.807) is 50.2 Å². The molecule has 170 valence electrons. The number of nitro groups is 1. The molecule has 0 saturated carbocycles. The Labute approximate surface area is 190 Å². The van der Waals surface area contributed by atoms with Gasteiger partial charge in [0.05, 0.1) is 28.5 Å². The van der Waals surface area contributed by atoms with Gasteiger partial charge in [0.1, 0.15) is 5.69 Å². The number of para-hydroxylation sites is 1. The highest BCUT2D eigenvalue weighted by atomic mass is 32.2. The maximum atomic E-state index is 12.9. The van der Waals surface area contributed by atoms with Crippen molar-refractivity contribution in [1.29, 1.82) is 0 Å². The third kappa shape index (κ3) is 5.57. The second-order valence-electron chi connectivity index (χ2n) is 6.77. The lowest BCUT2D eigenvalue weighted by Crippen LogP contribution is -2.15. The van der Waals surface area contributed by atoms with Crippen LogP contribution in [0.25, 0.3) is 0 Å². The summed E-state index contributed by atoms with van der Waals surface area (Å²) in [6.07, 6.45) is 0. The summed E-state index contributed by atoms with van der Waals surface area (Å²) in [5.74, 6) is -0.452. The van der Waals surface area contributed by atoms with Crippen molar-refractivity contribution in [3.8, 4) is 0 Å². The number of nitrogens with one attached hydrogen (secondary N) is 1. The van der Waals surface area contributed by atoms with E-state index < -0.39 is 31.5 Å². The smallest absolute Gasteiger partial charge is 0.338 e. The van der Waals surface area contributed by atoms with Crippen LogP contribution >= 0.6 is 0 Å². The van der Waals surface area contributed by atoms with Crippen molar-refractivity contribution in [2.75, 3.05) is 11.3 Å². The lowest BCUT2D eigenvalue weighted by molar-refractivity contribution is -0.387. The molecule has 0 heterocycles. The molecule has 0 saturated heterocycles.